The number of unbranched alkanes of at least 4 members (excludes halogenated alkanes) is 22. The highest BCUT2D eigenvalue weighted by atomic mass is 31.2. The van der Waals surface area contributed by atoms with Gasteiger partial charge < -0.3 is 25.2 Å². The topological polar surface area (TPSA) is 155 Å². The predicted molar refractivity (Wildman–Crippen MR) is 239 cm³/mol. The number of phosphoric ester groups is 1. The fourth-order valence-corrected chi connectivity index (χ4v) is 7.06. The summed E-state index contributed by atoms with van der Waals surface area (Å²) in [5.74, 6) is -0.930. The summed E-state index contributed by atoms with van der Waals surface area (Å²) in [7, 11) is -4.40. The Morgan fingerprint density at radius 1 is 0.603 bits per heavy atom. The number of carbonyl (C=O) groups excluding carboxylic acids is 2. The predicted octanol–water partition coefficient (Wildman–Crippen LogP) is 12.5. The van der Waals surface area contributed by atoms with Crippen LogP contribution in [0, 0.1) is 0 Å². The minimum atomic E-state index is -4.40. The molecule has 58 heavy (non-hydrogen) atoms. The molecule has 11 heteroatoms. The minimum absolute atomic E-state index is 0.0365. The van der Waals surface area contributed by atoms with Crippen LogP contribution in [-0.4, -0.2) is 60.5 Å². The van der Waals surface area contributed by atoms with E-state index in [0.29, 0.717) is 25.7 Å². The molecule has 0 rings (SSSR count). The van der Waals surface area contributed by atoms with E-state index in [4.69, 9.17) is 24.3 Å². The highest BCUT2D eigenvalue weighted by Gasteiger charge is 2.26. The Bertz CT molecular complexity index is 1110. The summed E-state index contributed by atoms with van der Waals surface area (Å²) in [6.07, 6.45) is 46.0. The first-order valence-corrected chi connectivity index (χ1v) is 24.7. The smallest absolute Gasteiger partial charge is 0.462 e. The van der Waals surface area contributed by atoms with E-state index in [1.807, 2.05) is 36.5 Å². The second-order valence-electron chi connectivity index (χ2n) is 15.5. The Morgan fingerprint density at radius 3 is 1.71 bits per heavy atom. The number of aliphatic hydroxyl groups is 1. The molecule has 338 valence electrons. The molecular weight excluding hydrogens is 753 g/mol. The number of hydrogen-bond donors (Lipinski definition) is 3. The summed E-state index contributed by atoms with van der Waals surface area (Å²) >= 11 is 0. The molecule has 0 radical (unpaired) electrons. The van der Waals surface area contributed by atoms with Crippen molar-refractivity contribution in [2.75, 3.05) is 26.4 Å². The second-order valence-corrected chi connectivity index (χ2v) is 16.9. The highest BCUT2D eigenvalue weighted by Crippen LogP contribution is 2.43. The molecule has 0 saturated carbocycles. The molecule has 0 spiro atoms. The highest BCUT2D eigenvalue weighted by molar-refractivity contribution is 7.47. The van der Waals surface area contributed by atoms with Crippen molar-refractivity contribution in [3.05, 3.63) is 48.6 Å². The number of hydrogen-bond acceptors (Lipinski definition) is 9. The van der Waals surface area contributed by atoms with Crippen LogP contribution in [0.4, 0.5) is 0 Å². The fourth-order valence-electron chi connectivity index (χ4n) is 6.30. The van der Waals surface area contributed by atoms with Gasteiger partial charge in [0.2, 0.25) is 0 Å². The third-order valence-corrected chi connectivity index (χ3v) is 10.8. The molecule has 0 aromatic rings. The van der Waals surface area contributed by atoms with Gasteiger partial charge in [0.15, 0.2) is 6.10 Å². The second kappa shape index (κ2) is 43.0. The molecule has 10 nitrogen and oxygen atoms in total. The van der Waals surface area contributed by atoms with Crippen molar-refractivity contribution < 1.29 is 42.7 Å². The normalized spacial score (nSPS) is 14.2. The van der Waals surface area contributed by atoms with Gasteiger partial charge in [0.25, 0.3) is 0 Å². The molecule has 0 bridgehead atoms. The number of allylic oxidation sites excluding steroid dienone is 6. The van der Waals surface area contributed by atoms with Crippen molar-refractivity contribution in [2.45, 2.75) is 212 Å². The Hall–Kier alpha value is -2.07. The molecule has 4 N–H and O–H groups in total. The zero-order valence-electron chi connectivity index (χ0n) is 36.9. The number of aliphatic hydroxyl groups excluding tert-OH is 1. The fraction of sp³-hybridized carbons (Fsp3) is 0.787. The number of phosphoric acid groups is 1. The third kappa shape index (κ3) is 42.1. The molecular formula is C47H86NO9P. The molecule has 1 unspecified atom stereocenters. The summed E-state index contributed by atoms with van der Waals surface area (Å²) in [4.78, 5) is 34.9. The molecule has 0 aromatic carbocycles. The number of esters is 2. The van der Waals surface area contributed by atoms with Gasteiger partial charge in [0, 0.05) is 19.4 Å². The average molecular weight is 840 g/mol. The maximum absolute atomic E-state index is 12.6. The van der Waals surface area contributed by atoms with Gasteiger partial charge in [-0.2, -0.15) is 0 Å². The van der Waals surface area contributed by atoms with Crippen LogP contribution in [-0.2, 0) is 32.7 Å². The molecule has 0 heterocycles. The van der Waals surface area contributed by atoms with Crippen LogP contribution in [0.1, 0.15) is 200 Å². The summed E-state index contributed by atoms with van der Waals surface area (Å²) < 4.78 is 32.7. The maximum Gasteiger partial charge on any atom is 0.472 e. The van der Waals surface area contributed by atoms with Gasteiger partial charge in [-0.3, -0.25) is 18.6 Å². The van der Waals surface area contributed by atoms with E-state index in [2.05, 4.69) is 19.9 Å². The van der Waals surface area contributed by atoms with Gasteiger partial charge in [-0.05, 0) is 44.9 Å². The van der Waals surface area contributed by atoms with E-state index in [-0.39, 0.29) is 32.6 Å². The summed E-state index contributed by atoms with van der Waals surface area (Å²) in [5.41, 5.74) is 5.35. The van der Waals surface area contributed by atoms with E-state index in [1.54, 1.807) is 6.08 Å². The molecule has 0 fully saturated rings. The molecule has 3 atom stereocenters. The van der Waals surface area contributed by atoms with Gasteiger partial charge >= 0.3 is 19.8 Å². The van der Waals surface area contributed by atoms with E-state index < -0.39 is 38.6 Å². The molecule has 0 aliphatic rings. The molecule has 0 aliphatic heterocycles. The van der Waals surface area contributed by atoms with Gasteiger partial charge in [-0.25, -0.2) is 4.57 Å². The Morgan fingerprint density at radius 2 is 1.12 bits per heavy atom. The van der Waals surface area contributed by atoms with Gasteiger partial charge in [0.05, 0.1) is 19.3 Å². The molecule has 0 saturated heterocycles. The lowest BCUT2D eigenvalue weighted by Crippen LogP contribution is -2.29. The molecule has 0 aromatic heterocycles. The Labute approximate surface area is 354 Å². The van der Waals surface area contributed by atoms with Crippen LogP contribution in [0.15, 0.2) is 48.6 Å². The van der Waals surface area contributed by atoms with Crippen LogP contribution < -0.4 is 5.73 Å². The van der Waals surface area contributed by atoms with Crippen LogP contribution >= 0.6 is 7.82 Å². The summed E-state index contributed by atoms with van der Waals surface area (Å²) in [6, 6.07) is 0. The summed E-state index contributed by atoms with van der Waals surface area (Å²) in [5, 5.41) is 10.1. The maximum atomic E-state index is 12.6. The zero-order valence-corrected chi connectivity index (χ0v) is 37.8. The molecule has 0 amide bonds. The number of carbonyl (C=O) groups is 2. The SMILES string of the molecule is CCCCC/C=C\C=C/[C@@H](O)C/C=C\C/C=C/CCCC(=O)OC[C@H](COP(=O)(O)OCCN)OC(=O)CCCCCCCCCCCCCCCCCCCCC. The first-order chi connectivity index (χ1) is 28.2. The van der Waals surface area contributed by atoms with Crippen LogP contribution in [0.5, 0.6) is 0 Å². The average Bonchev–Trinajstić information content (AvgIpc) is 3.21. The molecule has 0 aliphatic carbocycles. The number of rotatable bonds is 43. The minimum Gasteiger partial charge on any atom is -0.462 e. The zero-order chi connectivity index (χ0) is 42.6. The lowest BCUT2D eigenvalue weighted by atomic mass is 10.0. The first-order valence-electron chi connectivity index (χ1n) is 23.2. The monoisotopic (exact) mass is 840 g/mol. The van der Waals surface area contributed by atoms with Crippen LogP contribution in [0.25, 0.3) is 0 Å². The third-order valence-electron chi connectivity index (χ3n) is 9.80. The standard InChI is InChI=1S/C47H86NO9P/c1-3-5-7-9-11-12-13-14-15-16-17-18-19-20-21-22-26-31-35-39-47(51)57-45(43-56-58(52,53)55-41-40-48)42-54-46(50)38-34-30-27-23-25-29-33-37-44(49)36-32-28-24-10-8-6-4-2/h23-24,27-29,32-33,36,44-45,49H,3-22,25-26,30-31,34-35,37-43,48H2,1-2H3,(H,52,53)/b27-23+,28-24-,33-29-,36-32-/t44-,45-/m1/s1. The van der Waals surface area contributed by atoms with Crippen molar-refractivity contribution in [1.29, 1.82) is 0 Å². The Kier molecular flexibility index (Phi) is 41.5. The van der Waals surface area contributed by atoms with E-state index in [1.165, 1.54) is 116 Å². The van der Waals surface area contributed by atoms with E-state index in [0.717, 1.165) is 32.1 Å². The van der Waals surface area contributed by atoms with Gasteiger partial charge in [-0.15, -0.1) is 0 Å². The van der Waals surface area contributed by atoms with Crippen molar-refractivity contribution in [1.82, 2.24) is 0 Å². The first kappa shape index (κ1) is 55.9. The van der Waals surface area contributed by atoms with Gasteiger partial charge in [0.1, 0.15) is 6.61 Å². The van der Waals surface area contributed by atoms with Crippen molar-refractivity contribution >= 4 is 19.8 Å². The van der Waals surface area contributed by atoms with Crippen molar-refractivity contribution in [3.8, 4) is 0 Å². The van der Waals surface area contributed by atoms with Crippen LogP contribution in [0.3, 0.4) is 0 Å². The largest absolute Gasteiger partial charge is 0.472 e. The summed E-state index contributed by atoms with van der Waals surface area (Å²) in [6.45, 7) is 3.57. The van der Waals surface area contributed by atoms with Crippen molar-refractivity contribution in [2.24, 2.45) is 5.73 Å². The number of ether oxygens (including phenoxy) is 2. The van der Waals surface area contributed by atoms with Crippen molar-refractivity contribution in [3.63, 3.8) is 0 Å². The number of nitrogens with two attached hydrogens (primary N) is 1. The van der Waals surface area contributed by atoms with E-state index in [9.17, 15) is 24.2 Å². The lowest BCUT2D eigenvalue weighted by molar-refractivity contribution is -0.161. The Balaban J connectivity index is 4.23. The van der Waals surface area contributed by atoms with E-state index >= 15 is 0 Å². The lowest BCUT2D eigenvalue weighted by Gasteiger charge is -2.19. The van der Waals surface area contributed by atoms with Gasteiger partial charge in [-0.1, -0.05) is 191 Å². The quantitative estimate of drug-likeness (QED) is 0.0178. The van der Waals surface area contributed by atoms with Crippen LogP contribution in [0.2, 0.25) is 0 Å².